The van der Waals surface area contributed by atoms with Gasteiger partial charge in [-0.2, -0.15) is 0 Å². The van der Waals surface area contributed by atoms with Crippen molar-refractivity contribution in [2.45, 2.75) is 19.9 Å². The van der Waals surface area contributed by atoms with Crippen molar-refractivity contribution in [1.29, 1.82) is 0 Å². The predicted molar refractivity (Wildman–Crippen MR) is 84.0 cm³/mol. The van der Waals surface area contributed by atoms with Gasteiger partial charge in [-0.3, -0.25) is 4.79 Å². The van der Waals surface area contributed by atoms with E-state index in [-0.39, 0.29) is 5.91 Å². The molecule has 0 bridgehead atoms. The molecule has 0 spiro atoms. The van der Waals surface area contributed by atoms with E-state index in [1.165, 1.54) is 6.20 Å². The summed E-state index contributed by atoms with van der Waals surface area (Å²) >= 11 is 4.98. The monoisotopic (exact) mass is 354 g/mol. The van der Waals surface area contributed by atoms with E-state index in [1.807, 2.05) is 12.1 Å². The lowest BCUT2D eigenvalue weighted by Crippen LogP contribution is -2.23. The van der Waals surface area contributed by atoms with Gasteiger partial charge >= 0.3 is 0 Å². The minimum Gasteiger partial charge on any atom is -0.369 e. The molecule has 0 aromatic carbocycles. The van der Waals surface area contributed by atoms with E-state index in [2.05, 4.69) is 43.5 Å². The Morgan fingerprint density at radius 2 is 2.20 bits per heavy atom. The van der Waals surface area contributed by atoms with Crippen LogP contribution in [0.3, 0.4) is 0 Å². The van der Waals surface area contributed by atoms with Crippen LogP contribution < -0.4 is 10.6 Å². The smallest absolute Gasteiger partial charge is 0.271 e. The third-order valence-electron chi connectivity index (χ3n) is 2.49. The van der Waals surface area contributed by atoms with Crippen LogP contribution in [0.25, 0.3) is 0 Å². The molecule has 0 saturated heterocycles. The molecule has 20 heavy (non-hydrogen) atoms. The molecule has 0 unspecified atom stereocenters. The highest BCUT2D eigenvalue weighted by molar-refractivity contribution is 9.11. The van der Waals surface area contributed by atoms with Gasteiger partial charge in [0.05, 0.1) is 22.7 Å². The van der Waals surface area contributed by atoms with Crippen molar-refractivity contribution >= 4 is 39.0 Å². The summed E-state index contributed by atoms with van der Waals surface area (Å²) in [7, 11) is 0. The van der Waals surface area contributed by atoms with Crippen LogP contribution in [0.15, 0.2) is 28.3 Å². The van der Waals surface area contributed by atoms with Crippen molar-refractivity contribution in [2.75, 3.05) is 11.9 Å². The highest BCUT2D eigenvalue weighted by atomic mass is 79.9. The first-order valence-electron chi connectivity index (χ1n) is 6.27. The standard InChI is InChI=1S/C13H15BrN4OS/c1-2-5-15-12-8-16-10(7-17-12)13(19)18-6-9-3-4-11(14)20-9/h3-4,7-8H,2,5-6H2,1H3,(H,15,17)(H,18,19). The number of nitrogens with zero attached hydrogens (tertiary/aromatic N) is 2. The topological polar surface area (TPSA) is 66.9 Å². The van der Waals surface area contributed by atoms with Crippen LogP contribution in [0.4, 0.5) is 5.82 Å². The van der Waals surface area contributed by atoms with Gasteiger partial charge in [0, 0.05) is 11.4 Å². The molecule has 2 aromatic heterocycles. The fourth-order valence-corrected chi connectivity index (χ4v) is 2.92. The van der Waals surface area contributed by atoms with E-state index in [0.29, 0.717) is 18.1 Å². The Hall–Kier alpha value is -1.47. The third kappa shape index (κ3) is 4.28. The van der Waals surface area contributed by atoms with Gasteiger partial charge in [0.25, 0.3) is 5.91 Å². The minimum absolute atomic E-state index is 0.218. The van der Waals surface area contributed by atoms with Crippen LogP contribution in [0.2, 0.25) is 0 Å². The number of carbonyl (C=O) groups is 1. The number of halogens is 1. The number of aromatic nitrogens is 2. The van der Waals surface area contributed by atoms with Gasteiger partial charge in [-0.15, -0.1) is 11.3 Å². The lowest BCUT2D eigenvalue weighted by atomic mass is 10.4. The maximum atomic E-state index is 11.9. The minimum atomic E-state index is -0.218. The normalized spacial score (nSPS) is 10.3. The molecule has 1 amide bonds. The van der Waals surface area contributed by atoms with E-state index in [0.717, 1.165) is 21.6 Å². The number of rotatable bonds is 6. The highest BCUT2D eigenvalue weighted by Crippen LogP contribution is 2.21. The first kappa shape index (κ1) is 14.9. The van der Waals surface area contributed by atoms with Crippen LogP contribution in [-0.4, -0.2) is 22.4 Å². The van der Waals surface area contributed by atoms with Crippen LogP contribution in [0.5, 0.6) is 0 Å². The summed E-state index contributed by atoms with van der Waals surface area (Å²) in [6, 6.07) is 3.93. The Kier molecular flexibility index (Phi) is 5.49. The molecule has 0 saturated carbocycles. The first-order valence-corrected chi connectivity index (χ1v) is 7.88. The molecule has 2 N–H and O–H groups in total. The molecule has 2 rings (SSSR count). The van der Waals surface area contributed by atoms with Gasteiger partial charge in [0.2, 0.25) is 0 Å². The summed E-state index contributed by atoms with van der Waals surface area (Å²) in [4.78, 5) is 21.3. The second kappa shape index (κ2) is 7.35. The molecule has 0 radical (unpaired) electrons. The van der Waals surface area contributed by atoms with Gasteiger partial charge in [0.15, 0.2) is 0 Å². The number of hydrogen-bond acceptors (Lipinski definition) is 5. The van der Waals surface area contributed by atoms with Crippen molar-refractivity contribution < 1.29 is 4.79 Å². The molecule has 0 aliphatic heterocycles. The number of anilines is 1. The van der Waals surface area contributed by atoms with E-state index in [4.69, 9.17) is 0 Å². The largest absolute Gasteiger partial charge is 0.369 e. The Bertz CT molecular complexity index is 570. The molecule has 106 valence electrons. The number of carbonyl (C=O) groups excluding carboxylic acids is 1. The quantitative estimate of drug-likeness (QED) is 0.836. The van der Waals surface area contributed by atoms with Gasteiger partial charge in [0.1, 0.15) is 11.5 Å². The van der Waals surface area contributed by atoms with Gasteiger partial charge in [-0.1, -0.05) is 6.92 Å². The SMILES string of the molecule is CCCNc1cnc(C(=O)NCc2ccc(Br)s2)cn1. The van der Waals surface area contributed by atoms with Gasteiger partial charge in [-0.05, 0) is 34.5 Å². The summed E-state index contributed by atoms with van der Waals surface area (Å²) in [5, 5.41) is 5.93. The average molecular weight is 355 g/mol. The predicted octanol–water partition coefficient (Wildman–Crippen LogP) is 3.05. The zero-order valence-corrected chi connectivity index (χ0v) is 13.4. The summed E-state index contributed by atoms with van der Waals surface area (Å²) in [5.74, 6) is 0.467. The van der Waals surface area contributed by atoms with E-state index in [9.17, 15) is 4.79 Å². The Morgan fingerprint density at radius 1 is 1.35 bits per heavy atom. The number of thiophene rings is 1. The van der Waals surface area contributed by atoms with Crippen molar-refractivity contribution in [3.05, 3.63) is 38.9 Å². The van der Waals surface area contributed by atoms with Crippen LogP contribution in [-0.2, 0) is 6.54 Å². The van der Waals surface area contributed by atoms with E-state index >= 15 is 0 Å². The lowest BCUT2D eigenvalue weighted by molar-refractivity contribution is 0.0946. The zero-order valence-electron chi connectivity index (χ0n) is 11.0. The summed E-state index contributed by atoms with van der Waals surface area (Å²) in [6.45, 7) is 3.41. The number of nitrogens with one attached hydrogen (secondary N) is 2. The van der Waals surface area contributed by atoms with Crippen LogP contribution >= 0.6 is 27.3 Å². The summed E-state index contributed by atoms with van der Waals surface area (Å²) < 4.78 is 1.05. The lowest BCUT2D eigenvalue weighted by Gasteiger charge is -2.05. The number of hydrogen-bond donors (Lipinski definition) is 2. The maximum absolute atomic E-state index is 11.9. The Balaban J connectivity index is 1.88. The summed E-state index contributed by atoms with van der Waals surface area (Å²) in [5.41, 5.74) is 0.322. The molecule has 0 atom stereocenters. The molecule has 7 heteroatoms. The van der Waals surface area contributed by atoms with Crippen molar-refractivity contribution in [3.63, 3.8) is 0 Å². The van der Waals surface area contributed by atoms with Gasteiger partial charge in [-0.25, -0.2) is 9.97 Å². The molecule has 2 heterocycles. The molecule has 5 nitrogen and oxygen atoms in total. The third-order valence-corrected chi connectivity index (χ3v) is 4.12. The molecular formula is C13H15BrN4OS. The first-order chi connectivity index (χ1) is 9.69. The molecular weight excluding hydrogens is 340 g/mol. The zero-order chi connectivity index (χ0) is 14.4. The van der Waals surface area contributed by atoms with Crippen molar-refractivity contribution in [1.82, 2.24) is 15.3 Å². The fraction of sp³-hybridized carbons (Fsp3) is 0.308. The van der Waals surface area contributed by atoms with Gasteiger partial charge < -0.3 is 10.6 Å². The maximum Gasteiger partial charge on any atom is 0.271 e. The Labute approximate surface area is 130 Å². The van der Waals surface area contributed by atoms with E-state index < -0.39 is 0 Å². The molecule has 0 aliphatic rings. The van der Waals surface area contributed by atoms with Crippen molar-refractivity contribution in [3.8, 4) is 0 Å². The second-order valence-electron chi connectivity index (χ2n) is 4.10. The molecule has 2 aromatic rings. The van der Waals surface area contributed by atoms with E-state index in [1.54, 1.807) is 17.5 Å². The Morgan fingerprint density at radius 3 is 2.80 bits per heavy atom. The highest BCUT2D eigenvalue weighted by Gasteiger charge is 2.08. The average Bonchev–Trinajstić information content (AvgIpc) is 2.89. The van der Waals surface area contributed by atoms with Crippen LogP contribution in [0.1, 0.15) is 28.7 Å². The molecule has 0 fully saturated rings. The second-order valence-corrected chi connectivity index (χ2v) is 6.65. The van der Waals surface area contributed by atoms with Crippen LogP contribution in [0, 0.1) is 0 Å². The summed E-state index contributed by atoms with van der Waals surface area (Å²) in [6.07, 6.45) is 4.07. The number of amides is 1. The molecule has 0 aliphatic carbocycles. The van der Waals surface area contributed by atoms with Crippen molar-refractivity contribution in [2.24, 2.45) is 0 Å². The fourth-order valence-electron chi connectivity index (χ4n) is 1.49.